The molecule has 0 heterocycles. The summed E-state index contributed by atoms with van der Waals surface area (Å²) in [6.45, 7) is 1.87. The molecule has 0 aromatic heterocycles. The quantitative estimate of drug-likeness (QED) is 0.823. The van der Waals surface area contributed by atoms with Gasteiger partial charge in [-0.15, -0.1) is 11.8 Å². The Morgan fingerprint density at radius 2 is 1.73 bits per heavy atom. The van der Waals surface area contributed by atoms with E-state index in [9.17, 15) is 4.79 Å². The molecular formula is C17H19NO3S. The zero-order valence-electron chi connectivity index (χ0n) is 12.8. The van der Waals surface area contributed by atoms with E-state index < -0.39 is 0 Å². The Kier molecular flexibility index (Phi) is 5.72. The summed E-state index contributed by atoms with van der Waals surface area (Å²) >= 11 is 1.47. The van der Waals surface area contributed by atoms with E-state index in [0.29, 0.717) is 11.5 Å². The molecule has 2 aromatic carbocycles. The van der Waals surface area contributed by atoms with E-state index in [-0.39, 0.29) is 11.2 Å². The monoisotopic (exact) mass is 317 g/mol. The minimum atomic E-state index is -0.224. The molecule has 0 unspecified atom stereocenters. The number of hydrogen-bond acceptors (Lipinski definition) is 4. The van der Waals surface area contributed by atoms with Crippen LogP contribution in [0.3, 0.4) is 0 Å². The van der Waals surface area contributed by atoms with Gasteiger partial charge in [0.25, 0.3) is 0 Å². The second-order valence-electron chi connectivity index (χ2n) is 4.63. The fraction of sp³-hybridized carbons (Fsp3) is 0.235. The Balaban J connectivity index is 2.02. The Labute approximate surface area is 134 Å². The highest BCUT2D eigenvalue weighted by Crippen LogP contribution is 2.33. The Bertz CT molecular complexity index is 631. The van der Waals surface area contributed by atoms with Crippen LogP contribution in [-0.2, 0) is 4.79 Å². The molecule has 0 saturated carbocycles. The van der Waals surface area contributed by atoms with E-state index in [0.717, 1.165) is 10.6 Å². The summed E-state index contributed by atoms with van der Waals surface area (Å²) < 4.78 is 10.5. The van der Waals surface area contributed by atoms with Gasteiger partial charge in [-0.2, -0.15) is 0 Å². The van der Waals surface area contributed by atoms with Crippen LogP contribution in [0.2, 0.25) is 0 Å². The molecule has 0 saturated heterocycles. The molecule has 0 bridgehead atoms. The van der Waals surface area contributed by atoms with E-state index in [1.165, 1.54) is 11.8 Å². The van der Waals surface area contributed by atoms with E-state index in [2.05, 4.69) is 5.32 Å². The van der Waals surface area contributed by atoms with Gasteiger partial charge >= 0.3 is 0 Å². The van der Waals surface area contributed by atoms with Gasteiger partial charge in [-0.3, -0.25) is 4.79 Å². The van der Waals surface area contributed by atoms with Crippen LogP contribution in [-0.4, -0.2) is 25.4 Å². The highest BCUT2D eigenvalue weighted by Gasteiger charge is 2.15. The number of benzene rings is 2. The lowest BCUT2D eigenvalue weighted by Crippen LogP contribution is -2.22. The van der Waals surface area contributed by atoms with Gasteiger partial charge in [0.15, 0.2) is 11.5 Å². The third-order valence-electron chi connectivity index (χ3n) is 3.08. The number of carbonyl (C=O) groups excluding carboxylic acids is 1. The summed E-state index contributed by atoms with van der Waals surface area (Å²) in [5.74, 6) is 1.29. The molecule has 0 aliphatic heterocycles. The first-order valence-corrected chi connectivity index (χ1v) is 7.76. The molecule has 4 nitrogen and oxygen atoms in total. The van der Waals surface area contributed by atoms with Crippen LogP contribution < -0.4 is 14.8 Å². The average molecular weight is 317 g/mol. The number of carbonyl (C=O) groups is 1. The lowest BCUT2D eigenvalue weighted by molar-refractivity contribution is -0.115. The van der Waals surface area contributed by atoms with Crippen molar-refractivity contribution in [3.8, 4) is 11.5 Å². The van der Waals surface area contributed by atoms with Gasteiger partial charge < -0.3 is 14.8 Å². The average Bonchev–Trinajstić information content (AvgIpc) is 2.55. The van der Waals surface area contributed by atoms with Crippen molar-refractivity contribution in [2.75, 3.05) is 19.5 Å². The van der Waals surface area contributed by atoms with E-state index in [1.807, 2.05) is 55.5 Å². The van der Waals surface area contributed by atoms with Crippen LogP contribution in [0.25, 0.3) is 0 Å². The summed E-state index contributed by atoms with van der Waals surface area (Å²) in [5.41, 5.74) is 0.798. The lowest BCUT2D eigenvalue weighted by atomic mass is 10.3. The third kappa shape index (κ3) is 4.18. The summed E-state index contributed by atoms with van der Waals surface area (Å²) in [5, 5.41) is 2.67. The number of nitrogens with one attached hydrogen (secondary N) is 1. The van der Waals surface area contributed by atoms with Crippen LogP contribution in [0.15, 0.2) is 53.4 Å². The molecule has 1 amide bonds. The largest absolute Gasteiger partial charge is 0.493 e. The van der Waals surface area contributed by atoms with E-state index in [1.54, 1.807) is 14.2 Å². The number of methoxy groups -OCH3 is 2. The van der Waals surface area contributed by atoms with Crippen molar-refractivity contribution in [1.29, 1.82) is 0 Å². The number of hydrogen-bond donors (Lipinski definition) is 1. The molecule has 0 fully saturated rings. The SMILES string of the molecule is COc1ccc(S[C@@H](C)C(=O)Nc2ccccc2)cc1OC. The normalized spacial score (nSPS) is 11.6. The molecule has 0 aliphatic carbocycles. The fourth-order valence-electron chi connectivity index (χ4n) is 1.91. The molecule has 2 aromatic rings. The van der Waals surface area contributed by atoms with Crippen molar-refractivity contribution in [1.82, 2.24) is 0 Å². The van der Waals surface area contributed by atoms with Crippen molar-refractivity contribution in [2.45, 2.75) is 17.1 Å². The molecule has 0 spiro atoms. The molecule has 22 heavy (non-hydrogen) atoms. The summed E-state index contributed by atoms with van der Waals surface area (Å²) in [7, 11) is 3.19. The molecule has 1 N–H and O–H groups in total. The molecule has 0 aliphatic rings. The standard InChI is InChI=1S/C17H19NO3S/c1-12(17(19)18-13-7-5-4-6-8-13)22-14-9-10-15(20-2)16(11-14)21-3/h4-12H,1-3H3,(H,18,19)/t12-/m0/s1. The lowest BCUT2D eigenvalue weighted by Gasteiger charge is -2.13. The number of amides is 1. The second kappa shape index (κ2) is 7.75. The first-order valence-electron chi connectivity index (χ1n) is 6.88. The van der Waals surface area contributed by atoms with E-state index >= 15 is 0 Å². The van der Waals surface area contributed by atoms with Crippen LogP contribution in [0, 0.1) is 0 Å². The molecular weight excluding hydrogens is 298 g/mol. The summed E-state index contributed by atoms with van der Waals surface area (Å²) in [4.78, 5) is 13.2. The van der Waals surface area contributed by atoms with Crippen LogP contribution in [0.4, 0.5) is 5.69 Å². The first-order chi connectivity index (χ1) is 10.6. The number of rotatable bonds is 6. The van der Waals surface area contributed by atoms with Crippen LogP contribution in [0.5, 0.6) is 11.5 Å². The highest BCUT2D eigenvalue weighted by atomic mass is 32.2. The van der Waals surface area contributed by atoms with Crippen molar-refractivity contribution in [3.63, 3.8) is 0 Å². The van der Waals surface area contributed by atoms with Crippen molar-refractivity contribution >= 4 is 23.4 Å². The zero-order chi connectivity index (χ0) is 15.9. The van der Waals surface area contributed by atoms with Gasteiger partial charge in [-0.25, -0.2) is 0 Å². The van der Waals surface area contributed by atoms with Gasteiger partial charge in [0.2, 0.25) is 5.91 Å². The highest BCUT2D eigenvalue weighted by molar-refractivity contribution is 8.00. The van der Waals surface area contributed by atoms with Crippen LogP contribution >= 0.6 is 11.8 Å². The Morgan fingerprint density at radius 3 is 2.36 bits per heavy atom. The maximum absolute atomic E-state index is 12.2. The molecule has 5 heteroatoms. The number of para-hydroxylation sites is 1. The number of ether oxygens (including phenoxy) is 2. The predicted molar refractivity (Wildman–Crippen MR) is 89.9 cm³/mol. The first kappa shape index (κ1) is 16.2. The molecule has 1 atom stereocenters. The van der Waals surface area contributed by atoms with Crippen LogP contribution in [0.1, 0.15) is 6.92 Å². The van der Waals surface area contributed by atoms with Crippen molar-refractivity contribution < 1.29 is 14.3 Å². The number of thioether (sulfide) groups is 1. The topological polar surface area (TPSA) is 47.6 Å². The van der Waals surface area contributed by atoms with Crippen molar-refractivity contribution in [2.24, 2.45) is 0 Å². The van der Waals surface area contributed by atoms with Crippen molar-refractivity contribution in [3.05, 3.63) is 48.5 Å². The minimum absolute atomic E-state index is 0.0361. The van der Waals surface area contributed by atoms with Gasteiger partial charge in [-0.05, 0) is 37.3 Å². The smallest absolute Gasteiger partial charge is 0.237 e. The zero-order valence-corrected chi connectivity index (χ0v) is 13.6. The van der Waals surface area contributed by atoms with Gasteiger partial charge in [0.05, 0.1) is 19.5 Å². The predicted octanol–water partition coefficient (Wildman–Crippen LogP) is 3.82. The second-order valence-corrected chi connectivity index (χ2v) is 6.05. The summed E-state index contributed by atoms with van der Waals surface area (Å²) in [6, 6.07) is 15.1. The van der Waals surface area contributed by atoms with Gasteiger partial charge in [-0.1, -0.05) is 18.2 Å². The molecule has 116 valence electrons. The molecule has 2 rings (SSSR count). The van der Waals surface area contributed by atoms with Gasteiger partial charge in [0.1, 0.15) is 0 Å². The fourth-order valence-corrected chi connectivity index (χ4v) is 2.81. The maximum Gasteiger partial charge on any atom is 0.237 e. The minimum Gasteiger partial charge on any atom is -0.493 e. The Morgan fingerprint density at radius 1 is 1.05 bits per heavy atom. The molecule has 0 radical (unpaired) electrons. The summed E-state index contributed by atoms with van der Waals surface area (Å²) in [6.07, 6.45) is 0. The maximum atomic E-state index is 12.2. The van der Waals surface area contributed by atoms with E-state index in [4.69, 9.17) is 9.47 Å². The Hall–Kier alpha value is -2.14. The number of anilines is 1. The third-order valence-corrected chi connectivity index (χ3v) is 4.17. The van der Waals surface area contributed by atoms with Gasteiger partial charge in [0, 0.05) is 10.6 Å².